The molecule has 2 nitrogen and oxygen atoms in total. The third kappa shape index (κ3) is 3.81. The van der Waals surface area contributed by atoms with Crippen molar-refractivity contribution in [1.29, 1.82) is 0 Å². The van der Waals surface area contributed by atoms with Gasteiger partial charge >= 0.3 is 57.3 Å². The van der Waals surface area contributed by atoms with E-state index in [-0.39, 0.29) is 0 Å². The molecule has 0 N–H and O–H groups in total. The van der Waals surface area contributed by atoms with Crippen molar-refractivity contribution in [3.8, 4) is 10.5 Å². The zero-order valence-corrected chi connectivity index (χ0v) is 5.02. The summed E-state index contributed by atoms with van der Waals surface area (Å²) in [6, 6.07) is 0. The monoisotopic (exact) mass is 104 g/mol. The Balaban J connectivity index is 3.44. The molecule has 0 amide bonds. The molecule has 0 radical (unpaired) electrons. The van der Waals surface area contributed by atoms with Crippen LogP contribution in [0.3, 0.4) is 0 Å². The molecule has 0 aliphatic rings. The number of hydrogen-bond donors (Lipinski definition) is 0. The van der Waals surface area contributed by atoms with Crippen LogP contribution in [0, 0.1) is 10.5 Å². The summed E-state index contributed by atoms with van der Waals surface area (Å²) < 4.78 is 6.90. The van der Waals surface area contributed by atoms with Gasteiger partial charge < -0.3 is 0 Å². The average molecular weight is 104 g/mol. The molecule has 0 aliphatic carbocycles. The molecule has 0 atom stereocenters. The van der Waals surface area contributed by atoms with Gasteiger partial charge in [0.15, 0.2) is 0 Å². The van der Waals surface area contributed by atoms with Gasteiger partial charge in [0.2, 0.25) is 0 Å². The standard InChI is InChI=1S/C5H5O2.Li/c1-3-5(6)7-4-2;/h4H2,2H3;. The number of rotatable bonds is 1. The molecular weight excluding hydrogens is 99.0 g/mol. The van der Waals surface area contributed by atoms with Crippen molar-refractivity contribution in [3.05, 3.63) is 0 Å². The Bertz CT molecular complexity index is 131. The maximum atomic E-state index is 10.2. The van der Waals surface area contributed by atoms with Gasteiger partial charge in [0, 0.05) is 0 Å². The topological polar surface area (TPSA) is 26.3 Å². The molecule has 0 aliphatic heterocycles. The van der Waals surface area contributed by atoms with Crippen molar-refractivity contribution in [2.75, 3.05) is 6.61 Å². The Morgan fingerprint density at radius 3 is 2.88 bits per heavy atom. The van der Waals surface area contributed by atoms with E-state index in [1.165, 1.54) is 0 Å². The Labute approximate surface area is 57.8 Å². The van der Waals surface area contributed by atoms with E-state index in [1.807, 2.05) is 0 Å². The predicted octanol–water partition coefficient (Wildman–Crippen LogP) is -0.321. The first-order valence-corrected chi connectivity index (χ1v) is 2.40. The Morgan fingerprint density at radius 2 is 2.50 bits per heavy atom. The molecule has 38 valence electrons. The minimum atomic E-state index is -0.449. The third-order valence-corrected chi connectivity index (χ3v) is 0.502. The molecule has 0 bridgehead atoms. The van der Waals surface area contributed by atoms with Gasteiger partial charge in [0.1, 0.15) is 0 Å². The van der Waals surface area contributed by atoms with Gasteiger partial charge in [-0.2, -0.15) is 0 Å². The molecular formula is C5H5LiO2. The molecule has 0 fully saturated rings. The molecule has 0 saturated carbocycles. The number of esters is 1. The van der Waals surface area contributed by atoms with E-state index in [2.05, 4.69) is 15.3 Å². The van der Waals surface area contributed by atoms with E-state index in [4.69, 9.17) is 0 Å². The summed E-state index contributed by atoms with van der Waals surface area (Å²) >= 11 is 1.59. The van der Waals surface area contributed by atoms with Crippen molar-refractivity contribution < 1.29 is 9.53 Å². The van der Waals surface area contributed by atoms with Gasteiger partial charge in [0.05, 0.1) is 0 Å². The number of carbonyl (C=O) groups excluding carboxylic acids is 1. The van der Waals surface area contributed by atoms with Crippen LogP contribution in [0.1, 0.15) is 6.92 Å². The second-order valence-corrected chi connectivity index (χ2v) is 1.10. The summed E-state index contributed by atoms with van der Waals surface area (Å²) in [6.07, 6.45) is 0. The molecule has 0 aromatic carbocycles. The fourth-order valence-electron chi connectivity index (χ4n) is 0.269. The zero-order valence-electron chi connectivity index (χ0n) is 5.02. The van der Waals surface area contributed by atoms with Crippen LogP contribution >= 0.6 is 0 Å². The maximum absolute atomic E-state index is 10.2. The van der Waals surface area contributed by atoms with Gasteiger partial charge in [0.25, 0.3) is 0 Å². The van der Waals surface area contributed by atoms with Gasteiger partial charge in [-0.05, 0) is 0 Å². The first-order chi connectivity index (χ1) is 3.81. The minimum absolute atomic E-state index is 0.396. The van der Waals surface area contributed by atoms with E-state index in [9.17, 15) is 4.79 Å². The summed E-state index contributed by atoms with van der Waals surface area (Å²) in [7, 11) is 0. The van der Waals surface area contributed by atoms with Crippen LogP contribution in [0.5, 0.6) is 0 Å². The summed E-state index contributed by atoms with van der Waals surface area (Å²) in [5.74, 6) is 1.79. The van der Waals surface area contributed by atoms with E-state index in [0.29, 0.717) is 6.61 Å². The molecule has 0 aromatic rings. The number of carbonyl (C=O) groups is 1. The van der Waals surface area contributed by atoms with E-state index >= 15 is 0 Å². The fraction of sp³-hybridized carbons (Fsp3) is 0.400. The van der Waals surface area contributed by atoms with Crippen LogP contribution in [0.25, 0.3) is 0 Å². The van der Waals surface area contributed by atoms with E-state index in [1.54, 1.807) is 24.6 Å². The van der Waals surface area contributed by atoms with Gasteiger partial charge in [-0.3, -0.25) is 0 Å². The van der Waals surface area contributed by atoms with Crippen LogP contribution in [-0.4, -0.2) is 30.3 Å². The van der Waals surface area contributed by atoms with Crippen molar-refractivity contribution in [1.82, 2.24) is 0 Å². The molecule has 3 heteroatoms. The van der Waals surface area contributed by atoms with Gasteiger partial charge in [-0.15, -0.1) is 0 Å². The predicted molar refractivity (Wildman–Crippen MR) is 30.2 cm³/mol. The summed E-state index contributed by atoms with van der Waals surface area (Å²) in [4.78, 5) is 10.2. The summed E-state index contributed by atoms with van der Waals surface area (Å²) in [5.41, 5.74) is 0. The van der Waals surface area contributed by atoms with Crippen LogP contribution < -0.4 is 0 Å². The second kappa shape index (κ2) is 4.78. The molecule has 0 rings (SSSR count). The SMILES string of the molecule is [Li][C]#CC(=O)OCC. The van der Waals surface area contributed by atoms with Crippen molar-refractivity contribution in [3.63, 3.8) is 0 Å². The van der Waals surface area contributed by atoms with Crippen LogP contribution in [0.2, 0.25) is 0 Å². The van der Waals surface area contributed by atoms with Crippen molar-refractivity contribution in [2.45, 2.75) is 6.92 Å². The molecule has 8 heavy (non-hydrogen) atoms. The molecule has 0 heterocycles. The van der Waals surface area contributed by atoms with Crippen LogP contribution in [-0.2, 0) is 9.53 Å². The normalized spacial score (nSPS) is 6.88. The van der Waals surface area contributed by atoms with Gasteiger partial charge in [-0.1, -0.05) is 0 Å². The quantitative estimate of drug-likeness (QED) is 0.259. The Kier molecular flexibility index (Phi) is 4.56. The van der Waals surface area contributed by atoms with Crippen LogP contribution in [0.4, 0.5) is 0 Å². The Morgan fingerprint density at radius 1 is 1.88 bits per heavy atom. The average Bonchev–Trinajstić information content (AvgIpc) is 1.68. The molecule has 0 spiro atoms. The first kappa shape index (κ1) is 7.63. The fourth-order valence-corrected chi connectivity index (χ4v) is 0.269. The summed E-state index contributed by atoms with van der Waals surface area (Å²) in [6.45, 7) is 2.14. The van der Waals surface area contributed by atoms with E-state index < -0.39 is 5.97 Å². The first-order valence-electron chi connectivity index (χ1n) is 2.40. The van der Waals surface area contributed by atoms with Crippen molar-refractivity contribution in [2.24, 2.45) is 0 Å². The van der Waals surface area contributed by atoms with Crippen molar-refractivity contribution >= 4 is 23.7 Å². The van der Waals surface area contributed by atoms with E-state index in [0.717, 1.165) is 0 Å². The zero-order chi connectivity index (χ0) is 6.41. The number of ether oxygens (including phenoxy) is 1. The molecule has 0 aromatic heterocycles. The third-order valence-electron chi connectivity index (χ3n) is 0.502. The van der Waals surface area contributed by atoms with Gasteiger partial charge in [-0.25, -0.2) is 0 Å². The second-order valence-electron chi connectivity index (χ2n) is 1.10. The van der Waals surface area contributed by atoms with Crippen LogP contribution in [0.15, 0.2) is 0 Å². The summed E-state index contributed by atoms with van der Waals surface area (Å²) in [5, 5.41) is 0. The Hall–Kier alpha value is -0.373. The molecule has 0 unspecified atom stereocenters. The molecule has 0 saturated heterocycles. The number of hydrogen-bond acceptors (Lipinski definition) is 2.